The minimum absolute atomic E-state index is 0.245. The third-order valence-electron chi connectivity index (χ3n) is 2.47. The predicted octanol–water partition coefficient (Wildman–Crippen LogP) is 1.76. The summed E-state index contributed by atoms with van der Waals surface area (Å²) >= 11 is 1.18. The van der Waals surface area contributed by atoms with Crippen LogP contribution < -0.4 is 11.1 Å². The number of primary amides is 1. The first-order valence-corrected chi connectivity index (χ1v) is 7.11. The highest BCUT2D eigenvalue weighted by atomic mass is 32.1. The molecule has 3 N–H and O–H groups in total. The highest BCUT2D eigenvalue weighted by Crippen LogP contribution is 2.22. The number of hydrogen-bond donors (Lipinski definition) is 2. The van der Waals surface area contributed by atoms with Crippen LogP contribution in [0.2, 0.25) is 0 Å². The molecule has 0 spiro atoms. The molecular formula is C13H18N2O4S. The third kappa shape index (κ3) is 5.40. The van der Waals surface area contributed by atoms with Gasteiger partial charge in [-0.3, -0.25) is 14.4 Å². The minimum Gasteiger partial charge on any atom is -0.456 e. The largest absolute Gasteiger partial charge is 0.456 e. The maximum absolute atomic E-state index is 11.6. The summed E-state index contributed by atoms with van der Waals surface area (Å²) in [7, 11) is 0. The number of carbonyl (C=O) groups excluding carboxylic acids is 3. The van der Waals surface area contributed by atoms with Crippen molar-refractivity contribution in [3.63, 3.8) is 0 Å². The molecule has 7 heteroatoms. The predicted molar refractivity (Wildman–Crippen MR) is 76.5 cm³/mol. The fourth-order valence-electron chi connectivity index (χ4n) is 1.39. The van der Waals surface area contributed by atoms with Crippen molar-refractivity contribution in [2.75, 3.05) is 11.9 Å². The van der Waals surface area contributed by atoms with E-state index in [2.05, 4.69) is 5.32 Å². The van der Waals surface area contributed by atoms with E-state index in [0.29, 0.717) is 10.9 Å². The Labute approximate surface area is 121 Å². The second-order valence-electron chi connectivity index (χ2n) is 4.67. The summed E-state index contributed by atoms with van der Waals surface area (Å²) < 4.78 is 4.84. The summed E-state index contributed by atoms with van der Waals surface area (Å²) in [6.45, 7) is 3.64. The molecule has 0 aliphatic rings. The highest BCUT2D eigenvalue weighted by molar-refractivity contribution is 7.14. The molecule has 0 aliphatic heterocycles. The quantitative estimate of drug-likeness (QED) is 0.749. The average molecular weight is 298 g/mol. The van der Waals surface area contributed by atoms with Crippen molar-refractivity contribution in [2.24, 2.45) is 11.7 Å². The molecule has 6 nitrogen and oxygen atoms in total. The van der Waals surface area contributed by atoms with Gasteiger partial charge in [0.15, 0.2) is 6.61 Å². The van der Waals surface area contributed by atoms with Crippen LogP contribution in [0.15, 0.2) is 11.4 Å². The zero-order chi connectivity index (χ0) is 15.1. The molecule has 0 unspecified atom stereocenters. The van der Waals surface area contributed by atoms with Gasteiger partial charge < -0.3 is 15.8 Å². The van der Waals surface area contributed by atoms with Crippen molar-refractivity contribution in [3.05, 3.63) is 17.0 Å². The summed E-state index contributed by atoms with van der Waals surface area (Å²) in [5.41, 5.74) is 5.40. The van der Waals surface area contributed by atoms with E-state index in [1.807, 2.05) is 13.8 Å². The van der Waals surface area contributed by atoms with Crippen molar-refractivity contribution in [1.82, 2.24) is 0 Å². The summed E-state index contributed by atoms with van der Waals surface area (Å²) in [4.78, 5) is 34.0. The smallest absolute Gasteiger partial charge is 0.306 e. The van der Waals surface area contributed by atoms with Crippen LogP contribution in [0, 0.1) is 5.92 Å². The van der Waals surface area contributed by atoms with Crippen molar-refractivity contribution in [3.8, 4) is 0 Å². The molecule has 0 aliphatic carbocycles. The Balaban J connectivity index is 2.38. The second-order valence-corrected chi connectivity index (χ2v) is 5.59. The van der Waals surface area contributed by atoms with Gasteiger partial charge >= 0.3 is 5.97 Å². The third-order valence-corrected chi connectivity index (χ3v) is 3.30. The number of thiophene rings is 1. The summed E-state index contributed by atoms with van der Waals surface area (Å²) in [5, 5.41) is 4.50. The molecule has 0 radical (unpaired) electrons. The minimum atomic E-state index is -0.615. The van der Waals surface area contributed by atoms with Crippen LogP contribution in [-0.2, 0) is 14.3 Å². The van der Waals surface area contributed by atoms with Crippen LogP contribution in [-0.4, -0.2) is 24.4 Å². The molecule has 0 saturated carbocycles. The fraction of sp³-hybridized carbons (Fsp3) is 0.462. The van der Waals surface area contributed by atoms with E-state index < -0.39 is 17.8 Å². The fourth-order valence-corrected chi connectivity index (χ4v) is 2.20. The van der Waals surface area contributed by atoms with Crippen molar-refractivity contribution >= 4 is 34.1 Å². The number of hydrogen-bond acceptors (Lipinski definition) is 5. The first-order chi connectivity index (χ1) is 9.40. The van der Waals surface area contributed by atoms with Gasteiger partial charge in [-0.1, -0.05) is 13.8 Å². The van der Waals surface area contributed by atoms with Gasteiger partial charge in [0.25, 0.3) is 11.8 Å². The van der Waals surface area contributed by atoms with Crippen LogP contribution in [0.3, 0.4) is 0 Å². The lowest BCUT2D eigenvalue weighted by Gasteiger charge is -2.07. The number of anilines is 1. The normalized spacial score (nSPS) is 10.3. The monoisotopic (exact) mass is 298 g/mol. The lowest BCUT2D eigenvalue weighted by Crippen LogP contribution is -2.22. The molecule has 1 rings (SSSR count). The Morgan fingerprint density at radius 2 is 2.10 bits per heavy atom. The van der Waals surface area contributed by atoms with Crippen molar-refractivity contribution in [2.45, 2.75) is 26.7 Å². The topological polar surface area (TPSA) is 98.5 Å². The van der Waals surface area contributed by atoms with E-state index >= 15 is 0 Å². The van der Waals surface area contributed by atoms with Crippen molar-refractivity contribution in [1.29, 1.82) is 0 Å². The van der Waals surface area contributed by atoms with Gasteiger partial charge in [0, 0.05) is 6.42 Å². The van der Waals surface area contributed by atoms with E-state index in [4.69, 9.17) is 10.5 Å². The van der Waals surface area contributed by atoms with E-state index in [1.165, 1.54) is 17.4 Å². The SMILES string of the molecule is CC(C)CCC(=O)OCC(=O)Nc1sccc1C(N)=O. The number of ether oxygens (including phenoxy) is 1. The number of nitrogens with two attached hydrogens (primary N) is 1. The maximum Gasteiger partial charge on any atom is 0.306 e. The highest BCUT2D eigenvalue weighted by Gasteiger charge is 2.14. The van der Waals surface area contributed by atoms with E-state index in [-0.39, 0.29) is 18.6 Å². The van der Waals surface area contributed by atoms with Crippen LogP contribution >= 0.6 is 11.3 Å². The standard InChI is InChI=1S/C13H18N2O4S/c1-8(2)3-4-11(17)19-7-10(16)15-13-9(12(14)18)5-6-20-13/h5-6,8H,3-4,7H2,1-2H3,(H2,14,18)(H,15,16). The number of nitrogens with one attached hydrogen (secondary N) is 1. The molecule has 0 fully saturated rings. The molecule has 110 valence electrons. The lowest BCUT2D eigenvalue weighted by atomic mass is 10.1. The first kappa shape index (κ1) is 16.2. The lowest BCUT2D eigenvalue weighted by molar-refractivity contribution is -0.147. The molecular weight excluding hydrogens is 280 g/mol. The number of rotatable bonds is 7. The average Bonchev–Trinajstić information content (AvgIpc) is 2.82. The number of carbonyl (C=O) groups is 3. The maximum atomic E-state index is 11.6. The number of amides is 2. The molecule has 2 amide bonds. The zero-order valence-electron chi connectivity index (χ0n) is 11.5. The molecule has 20 heavy (non-hydrogen) atoms. The van der Waals surface area contributed by atoms with Gasteiger partial charge in [-0.05, 0) is 23.8 Å². The molecule has 0 saturated heterocycles. The zero-order valence-corrected chi connectivity index (χ0v) is 12.3. The van der Waals surface area contributed by atoms with Crippen LogP contribution in [0.25, 0.3) is 0 Å². The Bertz CT molecular complexity index is 496. The van der Waals surface area contributed by atoms with Gasteiger partial charge in [-0.2, -0.15) is 0 Å². The molecule has 0 bridgehead atoms. The van der Waals surface area contributed by atoms with Gasteiger partial charge in [-0.15, -0.1) is 11.3 Å². The first-order valence-electron chi connectivity index (χ1n) is 6.23. The van der Waals surface area contributed by atoms with E-state index in [1.54, 1.807) is 5.38 Å². The van der Waals surface area contributed by atoms with Crippen LogP contribution in [0.4, 0.5) is 5.00 Å². The summed E-state index contributed by atoms with van der Waals surface area (Å²) in [6.07, 6.45) is 1.01. The summed E-state index contributed by atoms with van der Waals surface area (Å²) in [6, 6.07) is 1.53. The van der Waals surface area contributed by atoms with E-state index in [0.717, 1.165) is 6.42 Å². The van der Waals surface area contributed by atoms with Crippen LogP contribution in [0.1, 0.15) is 37.0 Å². The molecule has 0 atom stereocenters. The Morgan fingerprint density at radius 3 is 2.70 bits per heavy atom. The number of esters is 1. The van der Waals surface area contributed by atoms with Gasteiger partial charge in [0.1, 0.15) is 5.00 Å². The van der Waals surface area contributed by atoms with Crippen LogP contribution in [0.5, 0.6) is 0 Å². The van der Waals surface area contributed by atoms with Gasteiger partial charge in [0.2, 0.25) is 0 Å². The van der Waals surface area contributed by atoms with E-state index in [9.17, 15) is 14.4 Å². The Morgan fingerprint density at radius 1 is 1.40 bits per heavy atom. The molecule has 1 aromatic rings. The molecule has 1 aromatic heterocycles. The Hall–Kier alpha value is -1.89. The van der Waals surface area contributed by atoms with Crippen molar-refractivity contribution < 1.29 is 19.1 Å². The second kappa shape index (κ2) is 7.64. The molecule has 1 heterocycles. The van der Waals surface area contributed by atoms with Gasteiger partial charge in [-0.25, -0.2) is 0 Å². The van der Waals surface area contributed by atoms with Gasteiger partial charge in [0.05, 0.1) is 5.56 Å². The Kier molecular flexibility index (Phi) is 6.17. The molecule has 0 aromatic carbocycles. The summed E-state index contributed by atoms with van der Waals surface area (Å²) in [5.74, 6) is -1.11.